The number of ether oxygens (including phenoxy) is 1. The summed E-state index contributed by atoms with van der Waals surface area (Å²) in [4.78, 5) is 29.7. The standard InChI is InChI=1S/C29H33ClN8O2/c1-36(2)14-6-9-25(39)37-15-5-8-22(12-16-37)38-29-26(28(31)33-19-34-29)27(35-38)20-10-11-24(23(30)17-20)40-18-21-7-3-4-13-32-21/h3-4,6-7,9-11,13,17,19,22H,5,8,12,14-16,18H2,1-2H3,(H2,31,33,34)/b9-6+/t22-/m1/s1. The number of nitrogens with zero attached hydrogens (tertiary/aromatic N) is 7. The average molecular weight is 561 g/mol. The van der Waals surface area contributed by atoms with Crippen LogP contribution in [-0.2, 0) is 11.4 Å². The molecule has 0 aliphatic carbocycles. The maximum absolute atomic E-state index is 12.7. The number of hydrogen-bond donors (Lipinski definition) is 1. The Morgan fingerprint density at radius 1 is 1.18 bits per heavy atom. The fourth-order valence-corrected chi connectivity index (χ4v) is 5.10. The third kappa shape index (κ3) is 6.24. The summed E-state index contributed by atoms with van der Waals surface area (Å²) in [5.41, 5.74) is 9.28. The van der Waals surface area contributed by atoms with Crippen LogP contribution in [0.25, 0.3) is 22.3 Å². The van der Waals surface area contributed by atoms with E-state index in [1.807, 2.05) is 71.1 Å². The molecule has 1 fully saturated rings. The molecule has 1 atom stereocenters. The first-order valence-corrected chi connectivity index (χ1v) is 13.7. The lowest BCUT2D eigenvalue weighted by Gasteiger charge is -2.19. The normalized spacial score (nSPS) is 16.1. The predicted octanol–water partition coefficient (Wildman–Crippen LogP) is 4.37. The molecule has 4 heterocycles. The Morgan fingerprint density at radius 3 is 2.83 bits per heavy atom. The lowest BCUT2D eigenvalue weighted by Crippen LogP contribution is -2.30. The first kappa shape index (κ1) is 27.5. The number of rotatable bonds is 8. The zero-order chi connectivity index (χ0) is 28.1. The van der Waals surface area contributed by atoms with E-state index in [1.165, 1.54) is 6.33 Å². The average Bonchev–Trinajstić information content (AvgIpc) is 3.17. The highest BCUT2D eigenvalue weighted by Gasteiger charge is 2.26. The Morgan fingerprint density at radius 2 is 2.05 bits per heavy atom. The minimum atomic E-state index is 0.0417. The van der Waals surface area contributed by atoms with Gasteiger partial charge in [-0.1, -0.05) is 23.7 Å². The van der Waals surface area contributed by atoms with Crippen LogP contribution < -0.4 is 10.5 Å². The van der Waals surface area contributed by atoms with Gasteiger partial charge >= 0.3 is 0 Å². The van der Waals surface area contributed by atoms with Crippen LogP contribution in [0.1, 0.15) is 31.0 Å². The van der Waals surface area contributed by atoms with Crippen molar-refractivity contribution >= 4 is 34.4 Å². The van der Waals surface area contributed by atoms with E-state index < -0.39 is 0 Å². The molecule has 1 aromatic carbocycles. The van der Waals surface area contributed by atoms with Crippen LogP contribution in [0.15, 0.2) is 61.1 Å². The fourth-order valence-electron chi connectivity index (χ4n) is 4.87. The van der Waals surface area contributed by atoms with Crippen molar-refractivity contribution in [1.82, 2.24) is 34.5 Å². The molecule has 1 amide bonds. The lowest BCUT2D eigenvalue weighted by molar-refractivity contribution is -0.126. The first-order chi connectivity index (χ1) is 19.4. The van der Waals surface area contributed by atoms with Crippen LogP contribution in [0.3, 0.4) is 0 Å². The van der Waals surface area contributed by atoms with Gasteiger partial charge in [0.15, 0.2) is 5.65 Å². The summed E-state index contributed by atoms with van der Waals surface area (Å²) in [5.74, 6) is 0.951. The van der Waals surface area contributed by atoms with Crippen molar-refractivity contribution in [2.45, 2.75) is 31.9 Å². The van der Waals surface area contributed by atoms with Gasteiger partial charge < -0.3 is 20.3 Å². The second kappa shape index (κ2) is 12.4. The van der Waals surface area contributed by atoms with E-state index in [2.05, 4.69) is 15.0 Å². The zero-order valence-corrected chi connectivity index (χ0v) is 23.5. The van der Waals surface area contributed by atoms with Gasteiger partial charge in [-0.2, -0.15) is 5.10 Å². The predicted molar refractivity (Wildman–Crippen MR) is 156 cm³/mol. The van der Waals surface area contributed by atoms with Gasteiger partial charge in [-0.3, -0.25) is 9.78 Å². The number of aromatic nitrogens is 5. The summed E-state index contributed by atoms with van der Waals surface area (Å²) in [6.45, 7) is 2.39. The molecule has 2 N–H and O–H groups in total. The number of pyridine rings is 1. The first-order valence-electron chi connectivity index (χ1n) is 13.3. The van der Waals surface area contributed by atoms with Crippen LogP contribution in [0.4, 0.5) is 5.82 Å². The molecule has 0 radical (unpaired) electrons. The van der Waals surface area contributed by atoms with Gasteiger partial charge in [0.05, 0.1) is 22.1 Å². The molecule has 1 saturated heterocycles. The molecule has 5 rings (SSSR count). The molecule has 0 bridgehead atoms. The van der Waals surface area contributed by atoms with Crippen LogP contribution >= 0.6 is 11.6 Å². The number of benzene rings is 1. The monoisotopic (exact) mass is 560 g/mol. The number of nitrogen functional groups attached to an aromatic ring is 1. The second-order valence-corrected chi connectivity index (χ2v) is 10.5. The van der Waals surface area contributed by atoms with Crippen LogP contribution in [0, 0.1) is 0 Å². The lowest BCUT2D eigenvalue weighted by atomic mass is 10.1. The van der Waals surface area contributed by atoms with Crippen molar-refractivity contribution in [1.29, 1.82) is 0 Å². The maximum atomic E-state index is 12.7. The Hall–Kier alpha value is -4.02. The molecule has 1 aliphatic rings. The van der Waals surface area contributed by atoms with Crippen molar-refractivity contribution < 1.29 is 9.53 Å². The highest BCUT2D eigenvalue weighted by Crippen LogP contribution is 2.37. The Balaban J connectivity index is 1.38. The largest absolute Gasteiger partial charge is 0.486 e. The number of fused-ring (bicyclic) bond motifs is 1. The molecular weight excluding hydrogens is 528 g/mol. The van der Waals surface area contributed by atoms with Gasteiger partial charge in [0.1, 0.15) is 30.2 Å². The molecular formula is C29H33ClN8O2. The number of anilines is 1. The molecule has 10 nitrogen and oxygen atoms in total. The molecule has 3 aromatic heterocycles. The summed E-state index contributed by atoms with van der Waals surface area (Å²) in [5, 5.41) is 6.13. The molecule has 0 saturated carbocycles. The summed E-state index contributed by atoms with van der Waals surface area (Å²) in [7, 11) is 3.95. The number of amides is 1. The quantitative estimate of drug-likeness (QED) is 0.316. The maximum Gasteiger partial charge on any atom is 0.246 e. The third-order valence-electron chi connectivity index (χ3n) is 6.91. The van der Waals surface area contributed by atoms with Crippen molar-refractivity contribution in [3.8, 4) is 17.0 Å². The van der Waals surface area contributed by atoms with E-state index in [9.17, 15) is 4.79 Å². The van der Waals surface area contributed by atoms with Gasteiger partial charge in [0.25, 0.3) is 0 Å². The summed E-state index contributed by atoms with van der Waals surface area (Å²) >= 11 is 6.62. The minimum Gasteiger partial charge on any atom is -0.486 e. The highest BCUT2D eigenvalue weighted by atomic mass is 35.5. The highest BCUT2D eigenvalue weighted by molar-refractivity contribution is 6.32. The molecule has 0 unspecified atom stereocenters. The fraction of sp³-hybridized carbons (Fsp3) is 0.345. The topological polar surface area (TPSA) is 115 Å². The van der Waals surface area contributed by atoms with Gasteiger partial charge in [0, 0.05) is 37.5 Å². The van der Waals surface area contributed by atoms with E-state index in [4.69, 9.17) is 27.2 Å². The Bertz CT molecular complexity index is 1500. The molecule has 4 aromatic rings. The van der Waals surface area contributed by atoms with Crippen molar-refractivity contribution in [2.75, 3.05) is 39.5 Å². The van der Waals surface area contributed by atoms with Gasteiger partial charge in [-0.05, 0) is 63.7 Å². The molecule has 208 valence electrons. The van der Waals surface area contributed by atoms with Crippen molar-refractivity contribution in [3.05, 3.63) is 71.8 Å². The van der Waals surface area contributed by atoms with Gasteiger partial charge in [-0.25, -0.2) is 14.6 Å². The Kier molecular flexibility index (Phi) is 8.57. The zero-order valence-electron chi connectivity index (χ0n) is 22.7. The smallest absolute Gasteiger partial charge is 0.246 e. The van der Waals surface area contributed by atoms with Crippen molar-refractivity contribution in [3.63, 3.8) is 0 Å². The second-order valence-electron chi connectivity index (χ2n) is 10.1. The van der Waals surface area contributed by atoms with E-state index in [-0.39, 0.29) is 11.9 Å². The SMILES string of the molecule is CN(C)C/C=C/C(=O)N1CCC[C@@H](n2nc(-c3ccc(OCc4ccccn4)c(Cl)c3)c3c(N)ncnc32)CC1. The number of carbonyl (C=O) groups is 1. The summed E-state index contributed by atoms with van der Waals surface area (Å²) in [6, 6.07) is 11.3. The van der Waals surface area contributed by atoms with Gasteiger partial charge in [-0.15, -0.1) is 0 Å². The molecule has 40 heavy (non-hydrogen) atoms. The molecule has 1 aliphatic heterocycles. The van der Waals surface area contributed by atoms with Crippen LogP contribution in [-0.4, -0.2) is 74.2 Å². The number of nitrogens with two attached hydrogens (primary N) is 1. The Labute approximate surface area is 238 Å². The number of likely N-dealkylation sites (N-methyl/N-ethyl adjacent to an activating group) is 1. The number of carbonyl (C=O) groups excluding carboxylic acids is 1. The van der Waals surface area contributed by atoms with E-state index >= 15 is 0 Å². The number of likely N-dealkylation sites (tertiary alicyclic amines) is 1. The van der Waals surface area contributed by atoms with E-state index in [0.29, 0.717) is 53.0 Å². The number of hydrogen-bond acceptors (Lipinski definition) is 8. The number of halogens is 1. The molecule has 11 heteroatoms. The minimum absolute atomic E-state index is 0.0417. The summed E-state index contributed by atoms with van der Waals surface area (Å²) in [6.07, 6.45) is 9.25. The molecule has 0 spiro atoms. The van der Waals surface area contributed by atoms with Crippen LogP contribution in [0.2, 0.25) is 5.02 Å². The van der Waals surface area contributed by atoms with Crippen molar-refractivity contribution in [2.24, 2.45) is 0 Å². The third-order valence-corrected chi connectivity index (χ3v) is 7.21. The van der Waals surface area contributed by atoms with E-state index in [1.54, 1.807) is 12.3 Å². The van der Waals surface area contributed by atoms with Gasteiger partial charge in [0.2, 0.25) is 5.91 Å². The van der Waals surface area contributed by atoms with E-state index in [0.717, 1.165) is 37.1 Å². The summed E-state index contributed by atoms with van der Waals surface area (Å²) < 4.78 is 7.84. The van der Waals surface area contributed by atoms with Crippen LogP contribution in [0.5, 0.6) is 5.75 Å².